The molecule has 13 rings (SSSR count). The zero-order chi connectivity index (χ0) is 43.6. The topological polar surface area (TPSA) is 16.4 Å². The highest BCUT2D eigenvalue weighted by Gasteiger charge is 2.22. The van der Waals surface area contributed by atoms with E-state index in [2.05, 4.69) is 254 Å². The van der Waals surface area contributed by atoms with Crippen molar-refractivity contribution < 1.29 is 4.42 Å². The van der Waals surface area contributed by atoms with Crippen molar-refractivity contribution in [2.45, 2.75) is 0 Å². The largest absolute Gasteiger partial charge is 0.455 e. The van der Waals surface area contributed by atoms with Gasteiger partial charge in [0.25, 0.3) is 0 Å². The molecule has 0 saturated carbocycles. The Morgan fingerprint density at radius 1 is 0.242 bits per heavy atom. The summed E-state index contributed by atoms with van der Waals surface area (Å²) in [5.74, 6) is 0. The van der Waals surface area contributed by atoms with Gasteiger partial charge in [-0.1, -0.05) is 200 Å². The van der Waals surface area contributed by atoms with E-state index in [4.69, 9.17) is 4.42 Å². The summed E-state index contributed by atoms with van der Waals surface area (Å²) >= 11 is 0. The maximum atomic E-state index is 6.94. The molecule has 0 aliphatic heterocycles. The number of furan rings is 1. The minimum absolute atomic E-state index is 0.885. The average molecular weight is 840 g/mol. The highest BCUT2D eigenvalue weighted by atomic mass is 16.3. The van der Waals surface area contributed by atoms with Crippen LogP contribution in [0.5, 0.6) is 0 Å². The smallest absolute Gasteiger partial charge is 0.143 e. The normalized spacial score (nSPS) is 11.6. The van der Waals surface area contributed by atoms with Crippen molar-refractivity contribution in [3.8, 4) is 44.5 Å². The predicted molar refractivity (Wildman–Crippen MR) is 280 cm³/mol. The Morgan fingerprint density at radius 2 is 0.773 bits per heavy atom. The van der Waals surface area contributed by atoms with Crippen molar-refractivity contribution in [3.05, 3.63) is 249 Å². The molecule has 0 fully saturated rings. The third kappa shape index (κ3) is 6.26. The minimum Gasteiger partial charge on any atom is -0.455 e. The fraction of sp³-hybridized carbons (Fsp3) is 0. The molecule has 2 nitrogen and oxygen atoms in total. The quantitative estimate of drug-likeness (QED) is 0.149. The molecule has 1 heterocycles. The van der Waals surface area contributed by atoms with Gasteiger partial charge < -0.3 is 9.32 Å². The molecule has 0 saturated heterocycles. The van der Waals surface area contributed by atoms with Gasteiger partial charge in [0.05, 0.1) is 5.69 Å². The first-order chi connectivity index (χ1) is 32.7. The fourth-order valence-electron chi connectivity index (χ4n) is 10.3. The molecule has 0 N–H and O–H groups in total. The van der Waals surface area contributed by atoms with Crippen LogP contribution >= 0.6 is 0 Å². The zero-order valence-corrected chi connectivity index (χ0v) is 36.0. The molecule has 0 amide bonds. The Bertz CT molecular complexity index is 3990. The SMILES string of the molecule is c1cc(-c2ccc(N(c3ccc(-c4cc5ccccc5c5ccccc45)cc3)c3ccccc3-c3cccc4c3oc3c5ccccc5ccc43)cc2)cc(-c2cccc3ccccc23)c1. The monoisotopic (exact) mass is 839 g/mol. The van der Waals surface area contributed by atoms with Gasteiger partial charge in [0.1, 0.15) is 11.2 Å². The van der Waals surface area contributed by atoms with Crippen LogP contribution in [-0.4, -0.2) is 0 Å². The fourth-order valence-corrected chi connectivity index (χ4v) is 10.3. The summed E-state index contributed by atoms with van der Waals surface area (Å²) in [5, 5.41) is 12.0. The summed E-state index contributed by atoms with van der Waals surface area (Å²) in [4.78, 5) is 2.39. The van der Waals surface area contributed by atoms with E-state index in [1.165, 1.54) is 65.5 Å². The summed E-state index contributed by atoms with van der Waals surface area (Å²) < 4.78 is 6.94. The Hall–Kier alpha value is -8.72. The number of rotatable bonds is 7. The van der Waals surface area contributed by atoms with Crippen molar-refractivity contribution >= 4 is 82.1 Å². The van der Waals surface area contributed by atoms with Crippen LogP contribution in [0.4, 0.5) is 17.1 Å². The van der Waals surface area contributed by atoms with Crippen molar-refractivity contribution in [2.24, 2.45) is 0 Å². The Kier molecular flexibility index (Phi) is 8.89. The van der Waals surface area contributed by atoms with Gasteiger partial charge >= 0.3 is 0 Å². The Balaban J connectivity index is 0.959. The van der Waals surface area contributed by atoms with Crippen molar-refractivity contribution in [1.29, 1.82) is 0 Å². The van der Waals surface area contributed by atoms with E-state index in [1.54, 1.807) is 0 Å². The van der Waals surface area contributed by atoms with Gasteiger partial charge in [-0.25, -0.2) is 0 Å². The molecule has 12 aromatic carbocycles. The molecule has 0 bridgehead atoms. The van der Waals surface area contributed by atoms with E-state index in [-0.39, 0.29) is 0 Å². The summed E-state index contributed by atoms with van der Waals surface area (Å²) in [6, 6.07) is 90.2. The molecule has 0 spiro atoms. The van der Waals surface area contributed by atoms with Gasteiger partial charge in [0.15, 0.2) is 0 Å². The van der Waals surface area contributed by atoms with Gasteiger partial charge in [-0.3, -0.25) is 0 Å². The van der Waals surface area contributed by atoms with Gasteiger partial charge in [-0.2, -0.15) is 0 Å². The van der Waals surface area contributed by atoms with Crippen LogP contribution in [-0.2, 0) is 0 Å². The van der Waals surface area contributed by atoms with E-state index in [0.717, 1.165) is 61.1 Å². The van der Waals surface area contributed by atoms with Crippen LogP contribution in [0, 0.1) is 0 Å². The number of nitrogens with zero attached hydrogens (tertiary/aromatic N) is 1. The zero-order valence-electron chi connectivity index (χ0n) is 36.0. The number of hydrogen-bond donors (Lipinski definition) is 0. The van der Waals surface area contributed by atoms with Crippen molar-refractivity contribution in [1.82, 2.24) is 0 Å². The molecule has 308 valence electrons. The summed E-state index contributed by atoms with van der Waals surface area (Å²) in [5.41, 5.74) is 14.3. The van der Waals surface area contributed by atoms with Gasteiger partial charge in [-0.05, 0) is 120 Å². The number of para-hydroxylation sites is 2. The van der Waals surface area contributed by atoms with Crippen LogP contribution in [0.15, 0.2) is 253 Å². The molecule has 0 aliphatic rings. The second kappa shape index (κ2) is 15.5. The Morgan fingerprint density at radius 3 is 1.58 bits per heavy atom. The molecule has 2 heteroatoms. The van der Waals surface area contributed by atoms with E-state index in [0.29, 0.717) is 0 Å². The van der Waals surface area contributed by atoms with E-state index < -0.39 is 0 Å². The lowest BCUT2D eigenvalue weighted by atomic mass is 9.93. The van der Waals surface area contributed by atoms with Crippen LogP contribution in [0.3, 0.4) is 0 Å². The lowest BCUT2D eigenvalue weighted by Gasteiger charge is -2.28. The van der Waals surface area contributed by atoms with Gasteiger partial charge in [-0.15, -0.1) is 0 Å². The molecule has 13 aromatic rings. The highest BCUT2D eigenvalue weighted by Crippen LogP contribution is 2.46. The standard InChI is InChI=1S/C64H41NO/c1-4-20-51-43(14-1)17-12-26-52(51)47-19-11-18-46(40-47)42-30-35-49(36-31-42)65(50-37-32-45(33-38-50)61-41-48-16-3-5-21-53(48)55-23-7-8-24-56(55)61)62-29-10-9-25-57(62)58-27-13-28-59-60-39-34-44-15-2-6-22-54(44)63(60)66-64(58)59/h1-41H. The maximum Gasteiger partial charge on any atom is 0.143 e. The summed E-state index contributed by atoms with van der Waals surface area (Å²) in [6.07, 6.45) is 0. The summed E-state index contributed by atoms with van der Waals surface area (Å²) in [6.45, 7) is 0. The average Bonchev–Trinajstić information content (AvgIpc) is 3.79. The van der Waals surface area contributed by atoms with Crippen LogP contribution in [0.25, 0.3) is 110 Å². The first-order valence-electron chi connectivity index (χ1n) is 22.7. The molecular formula is C64H41NO. The lowest BCUT2D eigenvalue weighted by molar-refractivity contribution is 0.674. The van der Waals surface area contributed by atoms with Crippen molar-refractivity contribution in [3.63, 3.8) is 0 Å². The lowest BCUT2D eigenvalue weighted by Crippen LogP contribution is -2.11. The molecule has 0 unspecified atom stereocenters. The van der Waals surface area contributed by atoms with Gasteiger partial charge in [0, 0.05) is 38.7 Å². The second-order valence-electron chi connectivity index (χ2n) is 17.2. The highest BCUT2D eigenvalue weighted by molar-refractivity contribution is 6.18. The molecule has 0 aliphatic carbocycles. The second-order valence-corrected chi connectivity index (χ2v) is 17.2. The van der Waals surface area contributed by atoms with Gasteiger partial charge in [0.2, 0.25) is 0 Å². The minimum atomic E-state index is 0.885. The molecule has 66 heavy (non-hydrogen) atoms. The first kappa shape index (κ1) is 37.8. The number of hydrogen-bond acceptors (Lipinski definition) is 2. The van der Waals surface area contributed by atoms with Crippen LogP contribution in [0.1, 0.15) is 0 Å². The van der Waals surface area contributed by atoms with E-state index in [9.17, 15) is 0 Å². The third-order valence-electron chi connectivity index (χ3n) is 13.5. The number of anilines is 3. The van der Waals surface area contributed by atoms with Crippen LogP contribution < -0.4 is 4.90 Å². The van der Waals surface area contributed by atoms with E-state index in [1.807, 2.05) is 0 Å². The number of benzene rings is 12. The molecule has 1 aromatic heterocycles. The van der Waals surface area contributed by atoms with E-state index >= 15 is 0 Å². The first-order valence-corrected chi connectivity index (χ1v) is 22.7. The molecule has 0 atom stereocenters. The molecular weight excluding hydrogens is 799 g/mol. The number of fused-ring (bicyclic) bond motifs is 9. The maximum absolute atomic E-state index is 6.94. The molecule has 0 radical (unpaired) electrons. The summed E-state index contributed by atoms with van der Waals surface area (Å²) in [7, 11) is 0. The van der Waals surface area contributed by atoms with Crippen LogP contribution in [0.2, 0.25) is 0 Å². The third-order valence-corrected chi connectivity index (χ3v) is 13.5. The Labute approximate surface area is 382 Å². The predicted octanol–water partition coefficient (Wildman–Crippen LogP) is 18.3. The van der Waals surface area contributed by atoms with Crippen molar-refractivity contribution in [2.75, 3.05) is 4.90 Å².